The third-order valence-electron chi connectivity index (χ3n) is 4.93. The molecule has 0 spiro atoms. The predicted molar refractivity (Wildman–Crippen MR) is 120 cm³/mol. The molecule has 0 aliphatic heterocycles. The van der Waals surface area contributed by atoms with Gasteiger partial charge in [0.2, 0.25) is 0 Å². The molecule has 3 aromatic carbocycles. The smallest absolute Gasteiger partial charge is 0.255 e. The van der Waals surface area contributed by atoms with Crippen LogP contribution in [0.5, 0.6) is 11.5 Å². The van der Waals surface area contributed by atoms with E-state index in [-0.39, 0.29) is 5.91 Å². The molecule has 0 radical (unpaired) electrons. The van der Waals surface area contributed by atoms with Crippen LogP contribution in [0.3, 0.4) is 0 Å². The molecule has 6 nitrogen and oxygen atoms in total. The highest BCUT2D eigenvalue weighted by molar-refractivity contribution is 6.00. The molecular weight excluding hydrogens is 390 g/mol. The molecule has 0 fully saturated rings. The fourth-order valence-corrected chi connectivity index (χ4v) is 3.35. The summed E-state index contributed by atoms with van der Waals surface area (Å²) >= 11 is 0. The predicted octanol–water partition coefficient (Wildman–Crippen LogP) is 4.49. The molecule has 0 saturated carbocycles. The van der Waals surface area contributed by atoms with Crippen LogP contribution in [0.2, 0.25) is 0 Å². The summed E-state index contributed by atoms with van der Waals surface area (Å²) in [6.45, 7) is 0.373. The van der Waals surface area contributed by atoms with Crippen LogP contribution in [0.15, 0.2) is 85.1 Å². The number of hydrogen-bond donors (Lipinski definition) is 1. The highest BCUT2D eigenvalue weighted by Gasteiger charge is 2.21. The van der Waals surface area contributed by atoms with Gasteiger partial charge in [-0.05, 0) is 42.0 Å². The van der Waals surface area contributed by atoms with Gasteiger partial charge in [-0.25, -0.2) is 4.68 Å². The third kappa shape index (κ3) is 4.43. The summed E-state index contributed by atoms with van der Waals surface area (Å²) < 4.78 is 12.5. The first-order valence-corrected chi connectivity index (χ1v) is 9.89. The molecule has 4 rings (SSSR count). The average Bonchev–Trinajstić information content (AvgIpc) is 3.28. The lowest BCUT2D eigenvalue weighted by Crippen LogP contribution is -2.23. The number of para-hydroxylation sites is 2. The van der Waals surface area contributed by atoms with Crippen molar-refractivity contribution in [2.45, 2.75) is 6.54 Å². The topological polar surface area (TPSA) is 65.4 Å². The first-order chi connectivity index (χ1) is 15.2. The van der Waals surface area contributed by atoms with Gasteiger partial charge < -0.3 is 14.8 Å². The zero-order chi connectivity index (χ0) is 21.6. The number of ether oxygens (including phenoxy) is 2. The molecule has 156 valence electrons. The third-order valence-corrected chi connectivity index (χ3v) is 4.93. The normalized spacial score (nSPS) is 10.5. The Morgan fingerprint density at radius 2 is 1.71 bits per heavy atom. The molecule has 1 aromatic heterocycles. The molecule has 1 amide bonds. The molecule has 0 saturated heterocycles. The lowest BCUT2D eigenvalue weighted by molar-refractivity contribution is 0.0951. The monoisotopic (exact) mass is 413 g/mol. The summed E-state index contributed by atoms with van der Waals surface area (Å²) in [5.74, 6) is 1.19. The molecule has 1 N–H and O–H groups in total. The van der Waals surface area contributed by atoms with Gasteiger partial charge in [0, 0.05) is 18.3 Å². The molecule has 0 unspecified atom stereocenters. The Labute approximate surface area is 181 Å². The summed E-state index contributed by atoms with van der Waals surface area (Å²) in [5, 5.41) is 7.71. The van der Waals surface area contributed by atoms with Gasteiger partial charge in [0.15, 0.2) is 0 Å². The number of hydrogen-bond acceptors (Lipinski definition) is 4. The van der Waals surface area contributed by atoms with Crippen molar-refractivity contribution >= 4 is 5.91 Å². The minimum absolute atomic E-state index is 0.217. The van der Waals surface area contributed by atoms with Gasteiger partial charge >= 0.3 is 0 Å². The summed E-state index contributed by atoms with van der Waals surface area (Å²) in [6, 6.07) is 24.8. The van der Waals surface area contributed by atoms with E-state index in [0.29, 0.717) is 23.6 Å². The van der Waals surface area contributed by atoms with E-state index >= 15 is 0 Å². The average molecular weight is 413 g/mol. The van der Waals surface area contributed by atoms with Crippen LogP contribution in [0.25, 0.3) is 16.9 Å². The van der Waals surface area contributed by atoms with Gasteiger partial charge in [0.1, 0.15) is 17.2 Å². The Bertz CT molecular complexity index is 1190. The van der Waals surface area contributed by atoms with Crippen molar-refractivity contribution in [2.24, 2.45) is 0 Å². The zero-order valence-corrected chi connectivity index (χ0v) is 17.4. The maximum atomic E-state index is 13.2. The molecule has 4 aromatic rings. The second-order valence-corrected chi connectivity index (χ2v) is 6.91. The molecule has 0 aliphatic carbocycles. The number of methoxy groups -OCH3 is 2. The fraction of sp³-hybridized carbons (Fsp3) is 0.120. The van der Waals surface area contributed by atoms with Crippen LogP contribution in [0.1, 0.15) is 15.9 Å². The van der Waals surface area contributed by atoms with Crippen LogP contribution in [0, 0.1) is 0 Å². The summed E-state index contributed by atoms with van der Waals surface area (Å²) in [6.07, 6.45) is 1.75. The van der Waals surface area contributed by atoms with Crippen LogP contribution >= 0.6 is 0 Å². The Morgan fingerprint density at radius 3 is 2.48 bits per heavy atom. The summed E-state index contributed by atoms with van der Waals surface area (Å²) in [4.78, 5) is 13.2. The van der Waals surface area contributed by atoms with Gasteiger partial charge in [0.05, 0.1) is 25.5 Å². The van der Waals surface area contributed by atoms with Gasteiger partial charge in [0.25, 0.3) is 5.91 Å². The molecule has 31 heavy (non-hydrogen) atoms. The van der Waals surface area contributed by atoms with Crippen molar-refractivity contribution in [3.05, 3.63) is 96.2 Å². The van der Waals surface area contributed by atoms with Gasteiger partial charge in [-0.2, -0.15) is 5.10 Å². The largest absolute Gasteiger partial charge is 0.497 e. The van der Waals surface area contributed by atoms with Gasteiger partial charge in [-0.1, -0.05) is 42.5 Å². The zero-order valence-electron chi connectivity index (χ0n) is 17.4. The van der Waals surface area contributed by atoms with Crippen molar-refractivity contribution < 1.29 is 14.3 Å². The van der Waals surface area contributed by atoms with Crippen LogP contribution in [-0.4, -0.2) is 29.9 Å². The van der Waals surface area contributed by atoms with Crippen molar-refractivity contribution in [2.75, 3.05) is 14.2 Å². The number of nitrogens with one attached hydrogen (secondary N) is 1. The molecule has 0 bridgehead atoms. The van der Waals surface area contributed by atoms with Gasteiger partial charge in [-0.15, -0.1) is 0 Å². The van der Waals surface area contributed by atoms with Gasteiger partial charge in [-0.3, -0.25) is 4.79 Å². The maximum absolute atomic E-state index is 13.2. The van der Waals surface area contributed by atoms with Crippen molar-refractivity contribution in [1.82, 2.24) is 15.1 Å². The van der Waals surface area contributed by atoms with E-state index in [1.165, 1.54) is 0 Å². The highest BCUT2D eigenvalue weighted by Crippen LogP contribution is 2.31. The molecule has 0 atom stereocenters. The summed E-state index contributed by atoms with van der Waals surface area (Å²) in [5.41, 5.74) is 3.60. The summed E-state index contributed by atoms with van der Waals surface area (Å²) in [7, 11) is 3.23. The van der Waals surface area contributed by atoms with E-state index in [1.54, 1.807) is 25.1 Å². The molecule has 6 heteroatoms. The van der Waals surface area contributed by atoms with Crippen molar-refractivity contribution in [3.8, 4) is 28.4 Å². The number of rotatable bonds is 7. The van der Waals surface area contributed by atoms with E-state index in [1.807, 2.05) is 78.9 Å². The lowest BCUT2D eigenvalue weighted by Gasteiger charge is -2.09. The SMILES string of the molecule is COc1cccc(CNC(=O)c2cn(-c3ccccc3)nc2-c2ccccc2OC)c1. The number of carbonyl (C=O) groups excluding carboxylic acids is 1. The van der Waals surface area contributed by atoms with Crippen LogP contribution in [0.4, 0.5) is 0 Å². The van der Waals surface area contributed by atoms with Crippen molar-refractivity contribution in [3.63, 3.8) is 0 Å². The molecular formula is C25H23N3O3. The number of carbonyl (C=O) groups is 1. The number of nitrogens with zero attached hydrogens (tertiary/aromatic N) is 2. The maximum Gasteiger partial charge on any atom is 0.255 e. The Kier molecular flexibility index (Phi) is 5.98. The Balaban J connectivity index is 1.69. The fourth-order valence-electron chi connectivity index (χ4n) is 3.35. The minimum atomic E-state index is -0.217. The van der Waals surface area contributed by atoms with E-state index in [4.69, 9.17) is 14.6 Å². The lowest BCUT2D eigenvalue weighted by atomic mass is 10.1. The van der Waals surface area contributed by atoms with Crippen LogP contribution < -0.4 is 14.8 Å². The van der Waals surface area contributed by atoms with Crippen molar-refractivity contribution in [1.29, 1.82) is 0 Å². The second kappa shape index (κ2) is 9.17. The molecule has 1 heterocycles. The quantitative estimate of drug-likeness (QED) is 0.485. The first-order valence-electron chi connectivity index (χ1n) is 9.89. The minimum Gasteiger partial charge on any atom is -0.497 e. The Hall–Kier alpha value is -4.06. The molecule has 0 aliphatic rings. The Morgan fingerprint density at radius 1 is 0.935 bits per heavy atom. The number of amides is 1. The van der Waals surface area contributed by atoms with E-state index in [2.05, 4.69) is 5.32 Å². The number of aromatic nitrogens is 2. The second-order valence-electron chi connectivity index (χ2n) is 6.91. The van der Waals surface area contributed by atoms with E-state index < -0.39 is 0 Å². The van der Waals surface area contributed by atoms with E-state index in [9.17, 15) is 4.79 Å². The standard InChI is InChI=1S/C25H23N3O3/c1-30-20-12-8-9-18(15-20)16-26-25(29)22-17-28(19-10-4-3-5-11-19)27-24(22)21-13-6-7-14-23(21)31-2/h3-15,17H,16H2,1-2H3,(H,26,29). The number of benzene rings is 3. The van der Waals surface area contributed by atoms with Crippen LogP contribution in [-0.2, 0) is 6.54 Å². The van der Waals surface area contributed by atoms with E-state index in [0.717, 1.165) is 22.6 Å². The highest BCUT2D eigenvalue weighted by atomic mass is 16.5. The first kappa shape index (κ1) is 20.2.